The summed E-state index contributed by atoms with van der Waals surface area (Å²) in [5.41, 5.74) is -0.807. The quantitative estimate of drug-likeness (QED) is 0.713. The zero-order valence-corrected chi connectivity index (χ0v) is 14.9. The summed E-state index contributed by atoms with van der Waals surface area (Å²) >= 11 is 0. The van der Waals surface area contributed by atoms with Crippen LogP contribution in [-0.2, 0) is 24.6 Å². The van der Waals surface area contributed by atoms with E-state index in [-0.39, 0.29) is 18.4 Å². The van der Waals surface area contributed by atoms with Gasteiger partial charge < -0.3 is 14.1 Å². The second-order valence-electron chi connectivity index (χ2n) is 6.82. The molecular weight excluding hydrogens is 361 g/mol. The van der Waals surface area contributed by atoms with Crippen molar-refractivity contribution in [3.05, 3.63) is 35.5 Å². The first-order valence-electron chi connectivity index (χ1n) is 8.86. The molecule has 1 aliphatic rings. The van der Waals surface area contributed by atoms with Gasteiger partial charge in [0.25, 0.3) is 0 Å². The van der Waals surface area contributed by atoms with Crippen molar-refractivity contribution in [3.8, 4) is 5.88 Å². The van der Waals surface area contributed by atoms with E-state index in [1.807, 2.05) is 11.6 Å². The topological polar surface area (TPSA) is 69.9 Å². The smallest absolute Gasteiger partial charge is 0.416 e. The number of carbonyl (C=O) groups excluding carboxylic acids is 1. The Bertz CT molecular complexity index is 783. The Morgan fingerprint density at radius 2 is 2.00 bits per heavy atom. The monoisotopic (exact) mass is 382 g/mol. The molecule has 3 rings (SSSR count). The van der Waals surface area contributed by atoms with E-state index in [9.17, 15) is 18.0 Å². The molecule has 0 aliphatic heterocycles. The molecular formula is C18H21F3N4O2. The number of halogens is 3. The molecule has 6 nitrogen and oxygen atoms in total. The van der Waals surface area contributed by atoms with E-state index in [0.717, 1.165) is 56.1 Å². The first-order valence-corrected chi connectivity index (χ1v) is 8.86. The summed E-state index contributed by atoms with van der Waals surface area (Å²) in [4.78, 5) is 14.5. The standard InChI is InChI=1S/C18H21F3N4O2/c1-25-15(11-27-16-10-14(6-8-22-16)18(19,20)21)23-24-17(25)13-4-2-12(3-5-13)7-9-26/h6,8-10,12-13H,2-5,7,11H2,1H3/t12-,13-. The number of pyridine rings is 1. The second kappa shape index (κ2) is 8.06. The lowest BCUT2D eigenvalue weighted by atomic mass is 9.80. The lowest BCUT2D eigenvalue weighted by Crippen LogP contribution is -2.17. The number of aldehydes is 1. The van der Waals surface area contributed by atoms with E-state index in [2.05, 4.69) is 15.2 Å². The maximum absolute atomic E-state index is 12.8. The Kier molecular flexibility index (Phi) is 5.76. The van der Waals surface area contributed by atoms with Crippen LogP contribution < -0.4 is 4.74 Å². The third-order valence-corrected chi connectivity index (χ3v) is 5.05. The fourth-order valence-corrected chi connectivity index (χ4v) is 3.45. The van der Waals surface area contributed by atoms with Crippen LogP contribution in [-0.4, -0.2) is 26.0 Å². The van der Waals surface area contributed by atoms with E-state index >= 15 is 0 Å². The highest BCUT2D eigenvalue weighted by Gasteiger charge is 2.31. The number of ether oxygens (including phenoxy) is 1. The lowest BCUT2D eigenvalue weighted by Gasteiger charge is -2.26. The fraction of sp³-hybridized carbons (Fsp3) is 0.556. The van der Waals surface area contributed by atoms with Gasteiger partial charge in [0.15, 0.2) is 5.82 Å². The molecule has 2 aromatic heterocycles. The van der Waals surface area contributed by atoms with Gasteiger partial charge in [0.1, 0.15) is 18.7 Å². The summed E-state index contributed by atoms with van der Waals surface area (Å²) in [6.45, 7) is -0.0156. The maximum atomic E-state index is 12.8. The minimum absolute atomic E-state index is 0.0156. The van der Waals surface area contributed by atoms with Crippen LogP contribution in [0, 0.1) is 5.92 Å². The summed E-state index contributed by atoms with van der Waals surface area (Å²) in [5.74, 6) is 1.98. The predicted octanol–water partition coefficient (Wildman–Crippen LogP) is 3.67. The number of rotatable bonds is 6. The van der Waals surface area contributed by atoms with Gasteiger partial charge in [0.05, 0.1) is 5.56 Å². The van der Waals surface area contributed by atoms with Gasteiger partial charge in [0.2, 0.25) is 5.88 Å². The molecule has 27 heavy (non-hydrogen) atoms. The Morgan fingerprint density at radius 1 is 1.26 bits per heavy atom. The van der Waals surface area contributed by atoms with Crippen LogP contribution in [0.3, 0.4) is 0 Å². The molecule has 146 valence electrons. The normalized spacial score (nSPS) is 20.4. The molecule has 0 unspecified atom stereocenters. The van der Waals surface area contributed by atoms with Gasteiger partial charge in [-0.15, -0.1) is 10.2 Å². The predicted molar refractivity (Wildman–Crippen MR) is 90.0 cm³/mol. The van der Waals surface area contributed by atoms with Crippen molar-refractivity contribution in [3.63, 3.8) is 0 Å². The molecule has 9 heteroatoms. The minimum atomic E-state index is -4.44. The van der Waals surface area contributed by atoms with E-state index in [4.69, 9.17) is 4.74 Å². The van der Waals surface area contributed by atoms with Gasteiger partial charge in [0, 0.05) is 31.6 Å². The fourth-order valence-electron chi connectivity index (χ4n) is 3.45. The Morgan fingerprint density at radius 3 is 2.67 bits per heavy atom. The highest BCUT2D eigenvalue weighted by molar-refractivity contribution is 5.49. The number of hydrogen-bond donors (Lipinski definition) is 0. The summed E-state index contributed by atoms with van der Waals surface area (Å²) in [7, 11) is 1.82. The van der Waals surface area contributed by atoms with Crippen molar-refractivity contribution < 1.29 is 22.7 Å². The van der Waals surface area contributed by atoms with Crippen molar-refractivity contribution in [2.45, 2.75) is 50.8 Å². The molecule has 2 heterocycles. The summed E-state index contributed by atoms with van der Waals surface area (Å²) in [6.07, 6.45) is 2.06. The van der Waals surface area contributed by atoms with Crippen molar-refractivity contribution in [1.29, 1.82) is 0 Å². The minimum Gasteiger partial charge on any atom is -0.469 e. The van der Waals surface area contributed by atoms with Crippen LogP contribution in [0.1, 0.15) is 55.2 Å². The van der Waals surface area contributed by atoms with Gasteiger partial charge in [-0.05, 0) is 37.7 Å². The zero-order chi connectivity index (χ0) is 19.4. The van der Waals surface area contributed by atoms with E-state index in [1.165, 1.54) is 0 Å². The molecule has 0 spiro atoms. The zero-order valence-electron chi connectivity index (χ0n) is 14.9. The first-order chi connectivity index (χ1) is 12.9. The Hall–Kier alpha value is -2.45. The van der Waals surface area contributed by atoms with E-state index < -0.39 is 11.7 Å². The van der Waals surface area contributed by atoms with Crippen LogP contribution >= 0.6 is 0 Å². The molecule has 1 saturated carbocycles. The largest absolute Gasteiger partial charge is 0.469 e. The average molecular weight is 382 g/mol. The molecule has 0 aromatic carbocycles. The van der Waals surface area contributed by atoms with Gasteiger partial charge in [-0.2, -0.15) is 13.2 Å². The van der Waals surface area contributed by atoms with Gasteiger partial charge in [-0.1, -0.05) is 0 Å². The van der Waals surface area contributed by atoms with Crippen molar-refractivity contribution in [2.75, 3.05) is 0 Å². The Labute approximate surface area is 154 Å². The molecule has 0 bridgehead atoms. The highest BCUT2D eigenvalue weighted by atomic mass is 19.4. The lowest BCUT2D eigenvalue weighted by molar-refractivity contribution is -0.137. The van der Waals surface area contributed by atoms with E-state index in [0.29, 0.717) is 18.2 Å². The second-order valence-corrected chi connectivity index (χ2v) is 6.82. The number of aromatic nitrogens is 4. The summed E-state index contributed by atoms with van der Waals surface area (Å²) in [5, 5.41) is 8.36. The third kappa shape index (κ3) is 4.64. The number of hydrogen-bond acceptors (Lipinski definition) is 5. The van der Waals surface area contributed by atoms with Crippen molar-refractivity contribution >= 4 is 6.29 Å². The number of nitrogens with zero attached hydrogens (tertiary/aromatic N) is 4. The van der Waals surface area contributed by atoms with Crippen molar-refractivity contribution in [1.82, 2.24) is 19.7 Å². The van der Waals surface area contributed by atoms with Gasteiger partial charge in [-0.25, -0.2) is 4.98 Å². The molecule has 0 N–H and O–H groups in total. The first kappa shape index (κ1) is 19.3. The number of alkyl halides is 3. The SMILES string of the molecule is Cn1c(COc2cc(C(F)(F)F)ccn2)nnc1[C@H]1CC[C@H](CC=O)CC1. The molecule has 0 amide bonds. The molecule has 0 saturated heterocycles. The molecule has 0 atom stereocenters. The summed E-state index contributed by atoms with van der Waals surface area (Å²) in [6, 6.07) is 1.76. The van der Waals surface area contributed by atoms with Crippen LogP contribution in [0.15, 0.2) is 18.3 Å². The molecule has 0 radical (unpaired) electrons. The van der Waals surface area contributed by atoms with E-state index in [1.54, 1.807) is 0 Å². The van der Waals surface area contributed by atoms with Crippen molar-refractivity contribution in [2.24, 2.45) is 13.0 Å². The highest BCUT2D eigenvalue weighted by Crippen LogP contribution is 2.36. The maximum Gasteiger partial charge on any atom is 0.416 e. The summed E-state index contributed by atoms with van der Waals surface area (Å²) < 4.78 is 45.5. The number of carbonyl (C=O) groups is 1. The van der Waals surface area contributed by atoms with Crippen LogP contribution in [0.25, 0.3) is 0 Å². The third-order valence-electron chi connectivity index (χ3n) is 5.05. The van der Waals surface area contributed by atoms with Gasteiger partial charge in [-0.3, -0.25) is 0 Å². The van der Waals surface area contributed by atoms with Crippen LogP contribution in [0.2, 0.25) is 0 Å². The molecule has 2 aromatic rings. The Balaban J connectivity index is 1.62. The van der Waals surface area contributed by atoms with Gasteiger partial charge >= 0.3 is 6.18 Å². The van der Waals surface area contributed by atoms with Crippen LogP contribution in [0.5, 0.6) is 5.88 Å². The van der Waals surface area contributed by atoms with Crippen LogP contribution in [0.4, 0.5) is 13.2 Å². The average Bonchev–Trinajstić information content (AvgIpc) is 3.01. The molecule has 1 aliphatic carbocycles. The molecule has 1 fully saturated rings.